The molecule has 0 heterocycles. The summed E-state index contributed by atoms with van der Waals surface area (Å²) in [5, 5.41) is 14.8. The third-order valence-electron chi connectivity index (χ3n) is 4.16. The van der Waals surface area contributed by atoms with E-state index >= 15 is 0 Å². The molecule has 1 rings (SSSR count). The average Bonchev–Trinajstić information content (AvgIpc) is 2.38. The predicted octanol–water partition coefficient (Wildman–Crippen LogP) is 1.48. The normalized spacial score (nSPS) is 28.4. The predicted molar refractivity (Wildman–Crippen MR) is 82.7 cm³/mol. The van der Waals surface area contributed by atoms with Crippen LogP contribution in [0.3, 0.4) is 0 Å². The summed E-state index contributed by atoms with van der Waals surface area (Å²) >= 11 is 0. The number of urea groups is 1. The molecule has 122 valence electrons. The van der Waals surface area contributed by atoms with Crippen LogP contribution in [0.1, 0.15) is 46.0 Å². The van der Waals surface area contributed by atoms with E-state index in [1.54, 1.807) is 6.26 Å². The molecule has 2 amide bonds. The second-order valence-corrected chi connectivity index (χ2v) is 7.87. The monoisotopic (exact) mass is 318 g/mol. The molecule has 7 heteroatoms. The van der Waals surface area contributed by atoms with Gasteiger partial charge >= 0.3 is 12.0 Å². The van der Waals surface area contributed by atoms with E-state index in [4.69, 9.17) is 0 Å². The highest BCUT2D eigenvalue weighted by Gasteiger charge is 2.43. The van der Waals surface area contributed by atoms with E-state index in [9.17, 15) is 18.9 Å². The molecule has 0 aromatic carbocycles. The number of hydrogen-bond acceptors (Lipinski definition) is 3. The van der Waals surface area contributed by atoms with Gasteiger partial charge in [-0.3, -0.25) is 4.21 Å². The zero-order valence-electron chi connectivity index (χ0n) is 13.0. The summed E-state index contributed by atoms with van der Waals surface area (Å²) in [6, 6.07) is -0.458. The number of rotatable bonds is 6. The highest BCUT2D eigenvalue weighted by Crippen LogP contribution is 2.32. The van der Waals surface area contributed by atoms with Gasteiger partial charge in [0.2, 0.25) is 0 Å². The fourth-order valence-corrected chi connectivity index (χ4v) is 3.18. The molecule has 21 heavy (non-hydrogen) atoms. The van der Waals surface area contributed by atoms with E-state index < -0.39 is 28.3 Å². The molecule has 0 aromatic rings. The lowest BCUT2D eigenvalue weighted by molar-refractivity contribution is -0.146. The van der Waals surface area contributed by atoms with Crippen molar-refractivity contribution in [3.63, 3.8) is 0 Å². The van der Waals surface area contributed by atoms with E-state index in [0.717, 1.165) is 12.8 Å². The fraction of sp³-hybridized carbons (Fsp3) is 0.857. The molecule has 0 aliphatic heterocycles. The fourth-order valence-electron chi connectivity index (χ4n) is 2.73. The Hall–Kier alpha value is -1.11. The SMILES string of the molecule is CC1CCCC(NC(=O)NCCC(C)S(C)=O)(C(=O)O)C1. The van der Waals surface area contributed by atoms with Gasteiger partial charge in [0.15, 0.2) is 0 Å². The molecule has 1 aliphatic rings. The zero-order valence-corrected chi connectivity index (χ0v) is 13.8. The second kappa shape index (κ2) is 7.77. The van der Waals surface area contributed by atoms with Crippen molar-refractivity contribution in [2.75, 3.05) is 12.8 Å². The molecule has 1 fully saturated rings. The third kappa shape index (κ3) is 5.30. The van der Waals surface area contributed by atoms with Gasteiger partial charge in [-0.25, -0.2) is 9.59 Å². The first-order chi connectivity index (χ1) is 9.77. The van der Waals surface area contributed by atoms with Crippen LogP contribution in [0.15, 0.2) is 0 Å². The first-order valence-electron chi connectivity index (χ1n) is 7.38. The van der Waals surface area contributed by atoms with Crippen LogP contribution in [0.2, 0.25) is 0 Å². The van der Waals surface area contributed by atoms with Crippen molar-refractivity contribution in [3.8, 4) is 0 Å². The number of amides is 2. The molecule has 6 nitrogen and oxygen atoms in total. The second-order valence-electron chi connectivity index (χ2n) is 6.07. The number of carbonyl (C=O) groups is 2. The standard InChI is InChI=1S/C14H26N2O4S/c1-10-5-4-7-14(9-10,12(17)18)16-13(19)15-8-6-11(2)21(3)20/h10-11H,4-9H2,1-3H3,(H,17,18)(H2,15,16,19). The van der Waals surface area contributed by atoms with Gasteiger partial charge in [-0.05, 0) is 25.2 Å². The quantitative estimate of drug-likeness (QED) is 0.691. The lowest BCUT2D eigenvalue weighted by Crippen LogP contribution is -2.59. The first-order valence-corrected chi connectivity index (χ1v) is 9.00. The van der Waals surface area contributed by atoms with Gasteiger partial charge in [0.1, 0.15) is 5.54 Å². The number of carboxylic acid groups (broad SMARTS) is 1. The Bertz CT molecular complexity index is 416. The molecular weight excluding hydrogens is 292 g/mol. The molecule has 1 aliphatic carbocycles. The summed E-state index contributed by atoms with van der Waals surface area (Å²) in [6.07, 6.45) is 4.97. The molecule has 0 radical (unpaired) electrons. The molecule has 0 spiro atoms. The minimum absolute atomic E-state index is 0.00781. The van der Waals surface area contributed by atoms with Crippen LogP contribution in [-0.4, -0.2) is 44.9 Å². The van der Waals surface area contributed by atoms with Crippen molar-refractivity contribution in [2.45, 2.75) is 56.7 Å². The number of carbonyl (C=O) groups excluding carboxylic acids is 1. The lowest BCUT2D eigenvalue weighted by Gasteiger charge is -2.37. The topological polar surface area (TPSA) is 95.5 Å². The van der Waals surface area contributed by atoms with E-state index in [2.05, 4.69) is 10.6 Å². The van der Waals surface area contributed by atoms with Crippen LogP contribution < -0.4 is 10.6 Å². The lowest BCUT2D eigenvalue weighted by atomic mass is 9.76. The Balaban J connectivity index is 2.50. The van der Waals surface area contributed by atoms with Crippen LogP contribution in [0.5, 0.6) is 0 Å². The summed E-state index contributed by atoms with van der Waals surface area (Å²) in [7, 11) is -0.917. The van der Waals surface area contributed by atoms with Gasteiger partial charge in [-0.15, -0.1) is 0 Å². The zero-order chi connectivity index (χ0) is 16.0. The Morgan fingerprint density at radius 3 is 2.67 bits per heavy atom. The van der Waals surface area contributed by atoms with Crippen molar-refractivity contribution in [2.24, 2.45) is 5.92 Å². The van der Waals surface area contributed by atoms with Crippen LogP contribution in [0.25, 0.3) is 0 Å². The van der Waals surface area contributed by atoms with Gasteiger partial charge in [-0.1, -0.05) is 26.7 Å². The van der Waals surface area contributed by atoms with E-state index in [-0.39, 0.29) is 11.2 Å². The summed E-state index contributed by atoms with van der Waals surface area (Å²) < 4.78 is 11.2. The van der Waals surface area contributed by atoms with Crippen molar-refractivity contribution in [1.82, 2.24) is 10.6 Å². The summed E-state index contributed by atoms with van der Waals surface area (Å²) in [6.45, 7) is 4.25. The molecule has 0 aromatic heterocycles. The Morgan fingerprint density at radius 2 is 2.14 bits per heavy atom. The van der Waals surface area contributed by atoms with Gasteiger partial charge in [0, 0.05) is 28.9 Å². The third-order valence-corrected chi connectivity index (χ3v) is 5.53. The summed E-state index contributed by atoms with van der Waals surface area (Å²) in [4.78, 5) is 23.5. The maximum absolute atomic E-state index is 11.9. The van der Waals surface area contributed by atoms with Gasteiger partial charge in [-0.2, -0.15) is 0 Å². The molecule has 4 unspecified atom stereocenters. The number of aliphatic carboxylic acids is 1. The van der Waals surface area contributed by atoms with Gasteiger partial charge in [0.25, 0.3) is 0 Å². The van der Waals surface area contributed by atoms with Crippen molar-refractivity contribution in [1.29, 1.82) is 0 Å². The largest absolute Gasteiger partial charge is 0.480 e. The number of nitrogens with one attached hydrogen (secondary N) is 2. The highest BCUT2D eigenvalue weighted by atomic mass is 32.2. The molecule has 0 saturated heterocycles. The van der Waals surface area contributed by atoms with Crippen LogP contribution in [0.4, 0.5) is 4.79 Å². The smallest absolute Gasteiger partial charge is 0.329 e. The first kappa shape index (κ1) is 17.9. The molecular formula is C14H26N2O4S. The van der Waals surface area contributed by atoms with Gasteiger partial charge < -0.3 is 15.7 Å². The van der Waals surface area contributed by atoms with Crippen LogP contribution >= 0.6 is 0 Å². The van der Waals surface area contributed by atoms with Crippen molar-refractivity contribution < 1.29 is 18.9 Å². The summed E-state index contributed by atoms with van der Waals surface area (Å²) in [5.41, 5.74) is -1.15. The van der Waals surface area contributed by atoms with E-state index in [1.165, 1.54) is 0 Å². The summed E-state index contributed by atoms with van der Waals surface area (Å²) in [5.74, 6) is -0.676. The van der Waals surface area contributed by atoms with Crippen LogP contribution in [-0.2, 0) is 15.6 Å². The molecule has 1 saturated carbocycles. The van der Waals surface area contributed by atoms with Gasteiger partial charge in [0.05, 0.1) is 0 Å². The Labute approximate surface area is 128 Å². The molecule has 0 bridgehead atoms. The molecule has 3 N–H and O–H groups in total. The minimum atomic E-state index is -1.15. The van der Waals surface area contributed by atoms with E-state index in [0.29, 0.717) is 25.8 Å². The number of carboxylic acids is 1. The highest BCUT2D eigenvalue weighted by molar-refractivity contribution is 7.84. The maximum atomic E-state index is 11.9. The average molecular weight is 318 g/mol. The van der Waals surface area contributed by atoms with E-state index in [1.807, 2.05) is 13.8 Å². The Kier molecular flexibility index (Phi) is 6.64. The maximum Gasteiger partial charge on any atom is 0.329 e. The van der Waals surface area contributed by atoms with Crippen LogP contribution in [0, 0.1) is 5.92 Å². The molecule has 4 atom stereocenters. The Morgan fingerprint density at radius 1 is 1.48 bits per heavy atom. The number of hydrogen-bond donors (Lipinski definition) is 3. The minimum Gasteiger partial charge on any atom is -0.480 e. The van der Waals surface area contributed by atoms with Crippen molar-refractivity contribution >= 4 is 22.8 Å². The van der Waals surface area contributed by atoms with Crippen molar-refractivity contribution in [3.05, 3.63) is 0 Å².